The SMILES string of the molecule is NC(=O)[Se].O=C([Se])NN1CCCC1. The Balaban J connectivity index is 0.000000310. The number of carbonyl (C=O) groups is 2. The molecule has 0 spiro atoms. The fraction of sp³-hybridized carbons (Fsp3) is 0.667. The number of hydrogen-bond donors (Lipinski definition) is 2. The van der Waals surface area contributed by atoms with Gasteiger partial charge in [-0.05, 0) is 0 Å². The third kappa shape index (κ3) is 9.86. The molecule has 1 rings (SSSR count). The summed E-state index contributed by atoms with van der Waals surface area (Å²) in [5.74, 6) is 0. The van der Waals surface area contributed by atoms with Crippen molar-refractivity contribution in [2.75, 3.05) is 13.1 Å². The van der Waals surface area contributed by atoms with Crippen LogP contribution in [0.15, 0.2) is 0 Å². The first kappa shape index (κ1) is 12.9. The molecule has 1 heterocycles. The van der Waals surface area contributed by atoms with Gasteiger partial charge in [0, 0.05) is 0 Å². The first-order chi connectivity index (χ1) is 6.02. The molecule has 2 radical (unpaired) electrons. The molecule has 13 heavy (non-hydrogen) atoms. The van der Waals surface area contributed by atoms with Crippen LogP contribution in [0, 0.1) is 0 Å². The normalized spacial score (nSPS) is 15.7. The van der Waals surface area contributed by atoms with Crippen LogP contribution in [0.25, 0.3) is 0 Å². The number of rotatable bonds is 1. The maximum absolute atomic E-state index is 10.4. The van der Waals surface area contributed by atoms with Gasteiger partial charge in [0.1, 0.15) is 0 Å². The second kappa shape index (κ2) is 7.35. The predicted molar refractivity (Wildman–Crippen MR) is 50.4 cm³/mol. The summed E-state index contributed by atoms with van der Waals surface area (Å²) in [5, 5.41) is 1.93. The molecule has 1 fully saturated rings. The molecule has 0 aromatic heterocycles. The summed E-state index contributed by atoms with van der Waals surface area (Å²) in [7, 11) is 0. The van der Waals surface area contributed by atoms with Crippen molar-refractivity contribution in [3.8, 4) is 0 Å². The van der Waals surface area contributed by atoms with Gasteiger partial charge in [-0.25, -0.2) is 0 Å². The zero-order chi connectivity index (χ0) is 10.3. The minimum atomic E-state index is -0.458. The predicted octanol–water partition coefficient (Wildman–Crippen LogP) is -0.891. The van der Waals surface area contributed by atoms with Crippen LogP contribution < -0.4 is 11.2 Å². The summed E-state index contributed by atoms with van der Waals surface area (Å²) in [6, 6.07) is 0. The van der Waals surface area contributed by atoms with Gasteiger partial charge in [-0.3, -0.25) is 0 Å². The molecule has 5 nitrogen and oxygen atoms in total. The van der Waals surface area contributed by atoms with Crippen molar-refractivity contribution in [3.63, 3.8) is 0 Å². The number of nitrogens with two attached hydrogens (primary N) is 1. The Morgan fingerprint density at radius 2 is 1.62 bits per heavy atom. The number of hydrogen-bond acceptors (Lipinski definition) is 3. The van der Waals surface area contributed by atoms with Crippen LogP contribution in [0.2, 0.25) is 0 Å². The molecule has 1 saturated heterocycles. The number of nitrogens with one attached hydrogen (secondary N) is 1. The third-order valence-electron chi connectivity index (χ3n) is 1.36. The average molecular weight is 315 g/mol. The van der Waals surface area contributed by atoms with Gasteiger partial charge in [0.25, 0.3) is 0 Å². The van der Waals surface area contributed by atoms with E-state index in [0.29, 0.717) is 0 Å². The molecule has 0 unspecified atom stereocenters. The Bertz CT molecular complexity index is 179. The van der Waals surface area contributed by atoms with Crippen LogP contribution in [-0.4, -0.2) is 59.7 Å². The van der Waals surface area contributed by atoms with Crippen molar-refractivity contribution in [3.05, 3.63) is 0 Å². The fourth-order valence-corrected chi connectivity index (χ4v) is 1.23. The number of primary amides is 1. The summed E-state index contributed by atoms with van der Waals surface area (Å²) in [4.78, 5) is 19.0. The molecule has 2 amide bonds. The Kier molecular flexibility index (Phi) is 7.32. The van der Waals surface area contributed by atoms with Gasteiger partial charge in [0.15, 0.2) is 0 Å². The molecular weight excluding hydrogens is 304 g/mol. The molecule has 3 N–H and O–H groups in total. The second-order valence-corrected chi connectivity index (χ2v) is 4.03. The Hall–Kier alpha value is -0.0610. The van der Waals surface area contributed by atoms with Crippen LogP contribution >= 0.6 is 0 Å². The van der Waals surface area contributed by atoms with Crippen LogP contribution in [-0.2, 0) is 0 Å². The Labute approximate surface area is 93.4 Å². The number of amides is 2. The van der Waals surface area contributed by atoms with Crippen LogP contribution in [0.5, 0.6) is 0 Å². The molecule has 0 atom stereocenters. The number of hydrazine groups is 1. The average Bonchev–Trinajstić information content (AvgIpc) is 2.36. The van der Waals surface area contributed by atoms with E-state index < -0.39 is 4.81 Å². The van der Waals surface area contributed by atoms with Gasteiger partial charge in [0.2, 0.25) is 0 Å². The number of nitrogens with zero attached hydrogens (tertiary/aromatic N) is 1. The molecule has 0 bridgehead atoms. The number of carbonyl (C=O) groups excluding carboxylic acids is 2. The van der Waals surface area contributed by atoms with E-state index in [1.165, 1.54) is 12.8 Å². The van der Waals surface area contributed by atoms with E-state index >= 15 is 0 Å². The van der Waals surface area contributed by atoms with Gasteiger partial charge in [0.05, 0.1) is 0 Å². The van der Waals surface area contributed by atoms with Crippen LogP contribution in [0.4, 0.5) is 9.59 Å². The van der Waals surface area contributed by atoms with Crippen molar-refractivity contribution in [2.24, 2.45) is 5.73 Å². The summed E-state index contributed by atoms with van der Waals surface area (Å²) < 4.78 is 0. The minimum absolute atomic E-state index is 0.0862. The third-order valence-corrected chi connectivity index (χ3v) is 1.55. The Morgan fingerprint density at radius 1 is 1.23 bits per heavy atom. The van der Waals surface area contributed by atoms with E-state index in [1.54, 1.807) is 0 Å². The van der Waals surface area contributed by atoms with Crippen molar-refractivity contribution in [2.45, 2.75) is 12.8 Å². The standard InChI is InChI=1S/C5H9N2OSe.CH2NOSe/c8-5(9)6-7-3-1-2-4-7;2-1(3)4/h1-4H2,(H,6,8);(H2,2,3). The molecule has 7 heteroatoms. The molecule has 0 aliphatic carbocycles. The molecule has 1 aliphatic heterocycles. The molecule has 0 aromatic rings. The second-order valence-electron chi connectivity index (χ2n) is 2.41. The first-order valence-electron chi connectivity index (χ1n) is 3.71. The topological polar surface area (TPSA) is 75.4 Å². The van der Waals surface area contributed by atoms with Crippen molar-refractivity contribution < 1.29 is 9.59 Å². The molecule has 1 aliphatic rings. The van der Waals surface area contributed by atoms with E-state index in [9.17, 15) is 4.79 Å². The van der Waals surface area contributed by atoms with E-state index in [-0.39, 0.29) is 4.81 Å². The van der Waals surface area contributed by atoms with Gasteiger partial charge in [-0.15, -0.1) is 0 Å². The van der Waals surface area contributed by atoms with Gasteiger partial charge < -0.3 is 0 Å². The van der Waals surface area contributed by atoms with E-state index in [0.717, 1.165) is 13.1 Å². The monoisotopic (exact) mass is 317 g/mol. The van der Waals surface area contributed by atoms with E-state index in [2.05, 4.69) is 27.2 Å². The van der Waals surface area contributed by atoms with E-state index in [1.807, 2.05) is 21.0 Å². The summed E-state index contributed by atoms with van der Waals surface area (Å²) in [6.45, 7) is 1.99. The first-order valence-corrected chi connectivity index (χ1v) is 5.42. The quantitative estimate of drug-likeness (QED) is 0.617. The summed E-state index contributed by atoms with van der Waals surface area (Å²) in [5.41, 5.74) is 7.10. The summed E-state index contributed by atoms with van der Waals surface area (Å²) >= 11 is 4.42. The van der Waals surface area contributed by atoms with E-state index in [4.69, 9.17) is 4.79 Å². The van der Waals surface area contributed by atoms with Gasteiger partial charge in [-0.1, -0.05) is 0 Å². The summed E-state index contributed by atoms with van der Waals surface area (Å²) in [6.07, 6.45) is 2.39. The molecule has 0 saturated carbocycles. The maximum atomic E-state index is 10.4. The van der Waals surface area contributed by atoms with Crippen molar-refractivity contribution in [1.29, 1.82) is 0 Å². The van der Waals surface area contributed by atoms with Crippen molar-refractivity contribution >= 4 is 41.6 Å². The molecule has 74 valence electrons. The zero-order valence-corrected chi connectivity index (χ0v) is 10.4. The zero-order valence-electron chi connectivity index (χ0n) is 6.99. The van der Waals surface area contributed by atoms with Crippen LogP contribution in [0.3, 0.4) is 0 Å². The van der Waals surface area contributed by atoms with Crippen molar-refractivity contribution in [1.82, 2.24) is 10.4 Å². The Morgan fingerprint density at radius 3 is 1.92 bits per heavy atom. The molecule has 0 aromatic carbocycles. The van der Waals surface area contributed by atoms with Gasteiger partial charge in [-0.2, -0.15) is 0 Å². The molecular formula is C6H11N3O2Se2. The van der Waals surface area contributed by atoms with Crippen LogP contribution in [0.1, 0.15) is 12.8 Å². The van der Waals surface area contributed by atoms with Gasteiger partial charge >= 0.3 is 93.3 Å². The fourth-order valence-electron chi connectivity index (χ4n) is 0.958.